The number of halogens is 1. The number of benzene rings is 2. The molecule has 5 heteroatoms. The molecular weight excluding hydrogens is 370 g/mol. The Morgan fingerprint density at radius 1 is 1.17 bits per heavy atom. The highest BCUT2D eigenvalue weighted by Gasteiger charge is 2.10. The van der Waals surface area contributed by atoms with Gasteiger partial charge in [-0.2, -0.15) is 0 Å². The molecule has 1 atom stereocenters. The first kappa shape index (κ1) is 18.1. The van der Waals surface area contributed by atoms with Crippen LogP contribution in [0.3, 0.4) is 0 Å². The topological polar surface area (TPSA) is 47.6 Å². The summed E-state index contributed by atoms with van der Waals surface area (Å²) >= 11 is 3.50. The molecule has 2 aromatic rings. The highest BCUT2D eigenvalue weighted by molar-refractivity contribution is 9.10. The molecule has 0 saturated carbocycles. The number of methoxy groups -OCH3 is 2. The van der Waals surface area contributed by atoms with Gasteiger partial charge in [0.2, 0.25) is 5.91 Å². The van der Waals surface area contributed by atoms with Crippen molar-refractivity contribution in [2.24, 2.45) is 0 Å². The first-order chi connectivity index (χ1) is 11.5. The molecule has 0 aliphatic rings. The molecule has 0 spiro atoms. The first-order valence-electron chi connectivity index (χ1n) is 7.50. The monoisotopic (exact) mass is 389 g/mol. The summed E-state index contributed by atoms with van der Waals surface area (Å²) in [5.74, 6) is 1.18. The van der Waals surface area contributed by atoms with Crippen molar-refractivity contribution in [3.8, 4) is 11.5 Å². The number of amides is 1. The van der Waals surface area contributed by atoms with Gasteiger partial charge in [-0.25, -0.2) is 0 Å². The Morgan fingerprint density at radius 3 is 2.58 bits per heavy atom. The molecule has 0 bridgehead atoms. The summed E-state index contributed by atoms with van der Waals surface area (Å²) in [5, 5.41) is 2.95. The second-order valence-electron chi connectivity index (χ2n) is 5.19. The van der Waals surface area contributed by atoms with Gasteiger partial charge in [-0.15, -0.1) is 0 Å². The minimum Gasteiger partial charge on any atom is -0.497 e. The highest BCUT2D eigenvalue weighted by Crippen LogP contribution is 2.26. The molecule has 4 nitrogen and oxygen atoms in total. The van der Waals surface area contributed by atoms with E-state index in [-0.39, 0.29) is 11.9 Å². The summed E-state index contributed by atoms with van der Waals surface area (Å²) < 4.78 is 11.5. The minimum absolute atomic E-state index is 0.101. The molecule has 0 aliphatic heterocycles. The number of rotatable bonds is 6. The number of ether oxygens (including phenoxy) is 2. The van der Waals surface area contributed by atoms with Crippen LogP contribution in [0.25, 0.3) is 6.08 Å². The van der Waals surface area contributed by atoms with Crippen LogP contribution in [0.2, 0.25) is 0 Å². The number of carbonyl (C=O) groups is 1. The quantitative estimate of drug-likeness (QED) is 0.746. The summed E-state index contributed by atoms with van der Waals surface area (Å²) in [6.45, 7) is 1.94. The molecule has 126 valence electrons. The normalized spacial score (nSPS) is 12.0. The molecule has 0 heterocycles. The van der Waals surface area contributed by atoms with Crippen LogP contribution in [0.4, 0.5) is 0 Å². The van der Waals surface area contributed by atoms with E-state index in [0.29, 0.717) is 11.5 Å². The van der Waals surface area contributed by atoms with Gasteiger partial charge >= 0.3 is 0 Å². The second kappa shape index (κ2) is 8.55. The first-order valence-corrected chi connectivity index (χ1v) is 8.29. The predicted molar refractivity (Wildman–Crippen MR) is 99.3 cm³/mol. The van der Waals surface area contributed by atoms with Gasteiger partial charge in [0.15, 0.2) is 0 Å². The zero-order valence-electron chi connectivity index (χ0n) is 13.9. The van der Waals surface area contributed by atoms with Crippen LogP contribution < -0.4 is 14.8 Å². The lowest BCUT2D eigenvalue weighted by Crippen LogP contribution is -2.24. The van der Waals surface area contributed by atoms with Crippen LogP contribution in [0, 0.1) is 0 Å². The fourth-order valence-corrected chi connectivity index (χ4v) is 2.92. The summed E-state index contributed by atoms with van der Waals surface area (Å²) in [4.78, 5) is 12.2. The lowest BCUT2D eigenvalue weighted by Gasteiger charge is -2.14. The summed E-state index contributed by atoms with van der Waals surface area (Å²) in [5.41, 5.74) is 1.84. The molecule has 2 aromatic carbocycles. The van der Waals surface area contributed by atoms with Crippen LogP contribution >= 0.6 is 15.9 Å². The number of carbonyl (C=O) groups excluding carboxylic acids is 1. The van der Waals surface area contributed by atoms with Crippen molar-refractivity contribution in [1.82, 2.24) is 5.32 Å². The predicted octanol–water partition coefficient (Wildman–Crippen LogP) is 4.36. The molecule has 0 aliphatic carbocycles. The molecule has 0 radical (unpaired) electrons. The van der Waals surface area contributed by atoms with E-state index >= 15 is 0 Å². The largest absolute Gasteiger partial charge is 0.497 e. The van der Waals surface area contributed by atoms with Crippen LogP contribution in [0.5, 0.6) is 11.5 Å². The van der Waals surface area contributed by atoms with Gasteiger partial charge in [0, 0.05) is 22.2 Å². The lowest BCUT2D eigenvalue weighted by molar-refractivity contribution is -0.117. The zero-order valence-corrected chi connectivity index (χ0v) is 15.5. The van der Waals surface area contributed by atoms with Gasteiger partial charge in [0.1, 0.15) is 11.5 Å². The minimum atomic E-state index is -0.170. The molecule has 24 heavy (non-hydrogen) atoms. The third-order valence-electron chi connectivity index (χ3n) is 3.59. The maximum Gasteiger partial charge on any atom is 0.244 e. The van der Waals surface area contributed by atoms with E-state index in [1.54, 1.807) is 26.4 Å². The van der Waals surface area contributed by atoms with Crippen molar-refractivity contribution in [1.29, 1.82) is 0 Å². The van der Waals surface area contributed by atoms with Crippen LogP contribution in [0.15, 0.2) is 53.0 Å². The molecule has 0 aromatic heterocycles. The van der Waals surface area contributed by atoms with Gasteiger partial charge in [0.25, 0.3) is 0 Å². The van der Waals surface area contributed by atoms with Crippen molar-refractivity contribution < 1.29 is 14.3 Å². The van der Waals surface area contributed by atoms with Crippen LogP contribution in [0.1, 0.15) is 24.1 Å². The van der Waals surface area contributed by atoms with Crippen molar-refractivity contribution in [3.63, 3.8) is 0 Å². The van der Waals surface area contributed by atoms with Crippen LogP contribution in [-0.2, 0) is 4.79 Å². The van der Waals surface area contributed by atoms with Gasteiger partial charge in [-0.05, 0) is 36.8 Å². The van der Waals surface area contributed by atoms with Crippen LogP contribution in [-0.4, -0.2) is 20.1 Å². The molecule has 2 rings (SSSR count). The Labute approximate surface area is 150 Å². The maximum absolute atomic E-state index is 12.2. The third kappa shape index (κ3) is 4.61. The summed E-state index contributed by atoms with van der Waals surface area (Å²) in [6.07, 6.45) is 3.22. The van der Waals surface area contributed by atoms with Crippen molar-refractivity contribution in [3.05, 3.63) is 64.1 Å². The Kier molecular flexibility index (Phi) is 6.44. The van der Waals surface area contributed by atoms with E-state index < -0.39 is 0 Å². The van der Waals surface area contributed by atoms with Crippen molar-refractivity contribution in [2.75, 3.05) is 14.2 Å². The van der Waals surface area contributed by atoms with E-state index in [4.69, 9.17) is 9.47 Å². The Bertz CT molecular complexity index is 743. The van der Waals surface area contributed by atoms with Crippen molar-refractivity contribution in [2.45, 2.75) is 13.0 Å². The fourth-order valence-electron chi connectivity index (χ4n) is 2.29. The number of hydrogen-bond acceptors (Lipinski definition) is 3. The van der Waals surface area contributed by atoms with E-state index in [9.17, 15) is 4.79 Å². The highest BCUT2D eigenvalue weighted by atomic mass is 79.9. The van der Waals surface area contributed by atoms with Gasteiger partial charge in [-0.3, -0.25) is 4.79 Å². The smallest absolute Gasteiger partial charge is 0.244 e. The van der Waals surface area contributed by atoms with Gasteiger partial charge in [-0.1, -0.05) is 34.1 Å². The van der Waals surface area contributed by atoms with Gasteiger partial charge < -0.3 is 14.8 Å². The fraction of sp³-hybridized carbons (Fsp3) is 0.211. The van der Waals surface area contributed by atoms with E-state index in [1.807, 2.05) is 43.3 Å². The van der Waals surface area contributed by atoms with E-state index in [0.717, 1.165) is 15.6 Å². The summed E-state index contributed by atoms with van der Waals surface area (Å²) in [7, 11) is 3.18. The van der Waals surface area contributed by atoms with Crippen molar-refractivity contribution >= 4 is 27.9 Å². The average molecular weight is 390 g/mol. The SMILES string of the molecule is COc1ccc(/C=C/C(=O)N[C@@H](C)c2ccccc2Br)c(OC)c1. The number of nitrogens with one attached hydrogen (secondary N) is 1. The maximum atomic E-state index is 12.2. The summed E-state index contributed by atoms with van der Waals surface area (Å²) in [6, 6.07) is 13.2. The zero-order chi connectivity index (χ0) is 17.5. The standard InChI is InChI=1S/C19H20BrNO3/c1-13(16-6-4-5-7-17(16)20)21-19(22)11-9-14-8-10-15(23-2)12-18(14)24-3/h4-13H,1-3H3,(H,21,22)/b11-9+/t13-/m0/s1. The molecule has 0 fully saturated rings. The van der Waals surface area contributed by atoms with E-state index in [2.05, 4.69) is 21.2 Å². The average Bonchev–Trinajstić information content (AvgIpc) is 2.60. The second-order valence-corrected chi connectivity index (χ2v) is 6.05. The van der Waals surface area contributed by atoms with Gasteiger partial charge in [0.05, 0.1) is 20.3 Å². The Morgan fingerprint density at radius 2 is 1.92 bits per heavy atom. The number of hydrogen-bond donors (Lipinski definition) is 1. The molecule has 1 N–H and O–H groups in total. The Hall–Kier alpha value is -2.27. The molecular formula is C19H20BrNO3. The molecule has 0 unspecified atom stereocenters. The Balaban J connectivity index is 2.07. The lowest BCUT2D eigenvalue weighted by atomic mass is 10.1. The molecule has 0 saturated heterocycles. The van der Waals surface area contributed by atoms with E-state index in [1.165, 1.54) is 6.08 Å². The third-order valence-corrected chi connectivity index (χ3v) is 4.31. The molecule has 1 amide bonds.